The number of nitriles is 1. The molecule has 0 fully saturated rings. The maximum atomic E-state index is 12.4. The van der Waals surface area contributed by atoms with Crippen LogP contribution >= 0.6 is 15.4 Å². The molecule has 0 bridgehead atoms. The Labute approximate surface area is 161 Å². The highest BCUT2D eigenvalue weighted by Crippen LogP contribution is 2.49. The second kappa shape index (κ2) is 16.6. The van der Waals surface area contributed by atoms with E-state index in [1.54, 1.807) is 6.92 Å². The molecule has 12 heteroatoms. The predicted molar refractivity (Wildman–Crippen MR) is 98.7 cm³/mol. The van der Waals surface area contributed by atoms with Crippen LogP contribution < -0.4 is 0 Å². The molecule has 160 valence electrons. The number of phosphoric acid groups is 1. The first-order chi connectivity index (χ1) is 12.9. The van der Waals surface area contributed by atoms with Crippen molar-refractivity contribution < 1.29 is 41.2 Å². The largest absolute Gasteiger partial charge is 0.474 e. The molecule has 0 aliphatic rings. The molecule has 0 N–H and O–H groups in total. The summed E-state index contributed by atoms with van der Waals surface area (Å²) in [6.45, 7) is 6.51. The molecule has 0 rings (SSSR count). The lowest BCUT2D eigenvalue weighted by molar-refractivity contribution is 0.0401. The second-order valence-electron chi connectivity index (χ2n) is 5.10. The second-order valence-corrected chi connectivity index (χ2v) is 8.83. The molecular weight excluding hydrogens is 400 g/mol. The summed E-state index contributed by atoms with van der Waals surface area (Å²) in [5, 5.41) is 8.54. The molecule has 10 nitrogen and oxygen atoms in total. The third kappa shape index (κ3) is 16.3. The number of rotatable bonds is 19. The number of ether oxygens (including phenoxy) is 2. The van der Waals surface area contributed by atoms with Crippen LogP contribution in [-0.4, -0.2) is 66.1 Å². The van der Waals surface area contributed by atoms with Crippen molar-refractivity contribution in [2.24, 2.45) is 0 Å². The third-order valence-corrected chi connectivity index (χ3v) is 5.56. The van der Waals surface area contributed by atoms with Crippen molar-refractivity contribution in [1.29, 1.82) is 5.26 Å². The molecule has 2 atom stereocenters. The molecule has 0 aromatic rings. The van der Waals surface area contributed by atoms with Crippen molar-refractivity contribution in [3.63, 3.8) is 0 Å². The minimum atomic E-state index is -3.80. The molecule has 0 radical (unpaired) electrons. The van der Waals surface area contributed by atoms with Crippen LogP contribution in [0.25, 0.3) is 0 Å². The Kier molecular flexibility index (Phi) is 16.4. The number of hydrogen-bond acceptors (Lipinski definition) is 10. The predicted octanol–water partition coefficient (Wildman–Crippen LogP) is 3.38. The Morgan fingerprint density at radius 1 is 0.741 bits per heavy atom. The van der Waals surface area contributed by atoms with Gasteiger partial charge in [-0.1, -0.05) is 6.92 Å². The standard InChI is InChI=1S/C15H31NO9P2/c1-4-8-19-11-14-24-27(18,23-9-6-7-16)25-15-12-20-10-13-22-26(3,17)21-5-2/h4-6,8-15H2,1-3H3. The van der Waals surface area contributed by atoms with Gasteiger partial charge in [-0.3, -0.25) is 18.1 Å². The highest BCUT2D eigenvalue weighted by atomic mass is 31.2. The fourth-order valence-corrected chi connectivity index (χ4v) is 3.70. The zero-order valence-electron chi connectivity index (χ0n) is 16.3. The SMILES string of the molecule is CCCOCCOP(=O)(OCCC#N)OCCOCCOP(C)(=O)OCC. The molecule has 0 amide bonds. The van der Waals surface area contributed by atoms with Crippen LogP contribution in [0.3, 0.4) is 0 Å². The average molecular weight is 431 g/mol. The van der Waals surface area contributed by atoms with Gasteiger partial charge >= 0.3 is 15.4 Å². The highest BCUT2D eigenvalue weighted by Gasteiger charge is 2.26. The van der Waals surface area contributed by atoms with Gasteiger partial charge in [-0.15, -0.1) is 0 Å². The van der Waals surface area contributed by atoms with Crippen LogP contribution in [0.4, 0.5) is 0 Å². The summed E-state index contributed by atoms with van der Waals surface area (Å²) >= 11 is 0. The Morgan fingerprint density at radius 3 is 1.78 bits per heavy atom. The van der Waals surface area contributed by atoms with Gasteiger partial charge in [0.25, 0.3) is 0 Å². The van der Waals surface area contributed by atoms with Crippen LogP contribution in [0.15, 0.2) is 0 Å². The Morgan fingerprint density at radius 2 is 1.26 bits per heavy atom. The molecule has 0 saturated carbocycles. The van der Waals surface area contributed by atoms with E-state index < -0.39 is 15.4 Å². The first-order valence-corrected chi connectivity index (χ1v) is 12.3. The van der Waals surface area contributed by atoms with E-state index in [0.29, 0.717) is 13.2 Å². The van der Waals surface area contributed by atoms with E-state index in [1.807, 2.05) is 13.0 Å². The first-order valence-electron chi connectivity index (χ1n) is 8.81. The summed E-state index contributed by atoms with van der Waals surface area (Å²) in [5.74, 6) is 0. The van der Waals surface area contributed by atoms with Gasteiger partial charge < -0.3 is 18.5 Å². The zero-order chi connectivity index (χ0) is 20.4. The third-order valence-electron chi connectivity index (χ3n) is 2.68. The summed E-state index contributed by atoms with van der Waals surface area (Å²) < 4.78 is 60.1. The fraction of sp³-hybridized carbons (Fsp3) is 0.933. The van der Waals surface area contributed by atoms with Gasteiger partial charge in [-0.25, -0.2) is 4.57 Å². The van der Waals surface area contributed by atoms with Crippen LogP contribution in [-0.2, 0) is 41.2 Å². The van der Waals surface area contributed by atoms with E-state index in [0.717, 1.165) is 6.42 Å². The summed E-state index contributed by atoms with van der Waals surface area (Å²) in [4.78, 5) is 0. The van der Waals surface area contributed by atoms with E-state index in [4.69, 9.17) is 37.4 Å². The molecule has 0 heterocycles. The van der Waals surface area contributed by atoms with Crippen LogP contribution in [0, 0.1) is 11.3 Å². The van der Waals surface area contributed by atoms with Gasteiger partial charge in [0, 0.05) is 13.3 Å². The maximum Gasteiger partial charge on any atom is 0.474 e. The van der Waals surface area contributed by atoms with Crippen molar-refractivity contribution in [2.45, 2.75) is 26.7 Å². The molecule has 27 heavy (non-hydrogen) atoms. The van der Waals surface area contributed by atoms with E-state index in [-0.39, 0.29) is 52.7 Å². The smallest absolute Gasteiger partial charge is 0.379 e. The van der Waals surface area contributed by atoms with Gasteiger partial charge in [0.1, 0.15) is 0 Å². The maximum absolute atomic E-state index is 12.4. The summed E-state index contributed by atoms with van der Waals surface area (Å²) in [7, 11) is -6.84. The lowest BCUT2D eigenvalue weighted by atomic mass is 10.5. The Hall–Kier alpha value is -0.330. The van der Waals surface area contributed by atoms with Crippen molar-refractivity contribution >= 4 is 15.4 Å². The molecule has 2 unspecified atom stereocenters. The topological polar surface area (TPSA) is 123 Å². The first kappa shape index (κ1) is 26.7. The van der Waals surface area contributed by atoms with E-state index in [1.165, 1.54) is 6.66 Å². The van der Waals surface area contributed by atoms with E-state index >= 15 is 0 Å². The minimum Gasteiger partial charge on any atom is -0.379 e. The summed E-state index contributed by atoms with van der Waals surface area (Å²) in [6, 6.07) is 1.88. The van der Waals surface area contributed by atoms with Gasteiger partial charge in [0.15, 0.2) is 0 Å². The molecule has 0 aromatic carbocycles. The molecule has 0 aliphatic carbocycles. The number of phosphoric ester groups is 1. The lowest BCUT2D eigenvalue weighted by Crippen LogP contribution is -2.11. The monoisotopic (exact) mass is 431 g/mol. The Bertz CT molecular complexity index is 498. The highest BCUT2D eigenvalue weighted by molar-refractivity contribution is 7.52. The molecule has 0 aromatic heterocycles. The molecule has 0 spiro atoms. The van der Waals surface area contributed by atoms with Crippen LogP contribution in [0.1, 0.15) is 26.7 Å². The van der Waals surface area contributed by atoms with E-state index in [2.05, 4.69) is 0 Å². The fourth-order valence-electron chi connectivity index (χ4n) is 1.61. The minimum absolute atomic E-state index is 0.0434. The van der Waals surface area contributed by atoms with Gasteiger partial charge in [-0.05, 0) is 13.3 Å². The van der Waals surface area contributed by atoms with Crippen LogP contribution in [0.5, 0.6) is 0 Å². The lowest BCUT2D eigenvalue weighted by Gasteiger charge is -2.17. The van der Waals surface area contributed by atoms with E-state index in [9.17, 15) is 9.13 Å². The van der Waals surface area contributed by atoms with Crippen molar-refractivity contribution in [1.82, 2.24) is 0 Å². The Balaban J connectivity index is 4.04. The molecule has 0 aliphatic heterocycles. The van der Waals surface area contributed by atoms with Crippen molar-refractivity contribution in [3.8, 4) is 6.07 Å². The summed E-state index contributed by atoms with van der Waals surface area (Å²) in [6.07, 6.45) is 0.930. The number of nitrogens with zero attached hydrogens (tertiary/aromatic N) is 1. The quantitative estimate of drug-likeness (QED) is 0.222. The average Bonchev–Trinajstić information content (AvgIpc) is 2.61. The normalized spacial score (nSPS) is 15.8. The van der Waals surface area contributed by atoms with Gasteiger partial charge in [0.2, 0.25) is 0 Å². The van der Waals surface area contributed by atoms with Crippen LogP contribution in [0.2, 0.25) is 0 Å². The van der Waals surface area contributed by atoms with Gasteiger partial charge in [-0.2, -0.15) is 5.26 Å². The van der Waals surface area contributed by atoms with Crippen molar-refractivity contribution in [2.75, 3.05) is 66.1 Å². The summed E-state index contributed by atoms with van der Waals surface area (Å²) in [5.41, 5.74) is 0. The molecule has 0 saturated heterocycles. The zero-order valence-corrected chi connectivity index (χ0v) is 18.1. The van der Waals surface area contributed by atoms with Crippen molar-refractivity contribution in [3.05, 3.63) is 0 Å². The number of hydrogen-bond donors (Lipinski definition) is 0. The van der Waals surface area contributed by atoms with Gasteiger partial charge in [0.05, 0.1) is 65.3 Å². The molecular formula is C15H31NO9P2.